The molecule has 1 aromatic heterocycles. The van der Waals surface area contributed by atoms with Gasteiger partial charge in [-0.2, -0.15) is 0 Å². The van der Waals surface area contributed by atoms with Crippen molar-refractivity contribution in [2.75, 3.05) is 5.32 Å². The van der Waals surface area contributed by atoms with Gasteiger partial charge >= 0.3 is 0 Å². The number of carbonyl (C=O) groups excluding carboxylic acids is 1. The molecule has 0 spiro atoms. The summed E-state index contributed by atoms with van der Waals surface area (Å²) < 4.78 is 32.5. The van der Waals surface area contributed by atoms with E-state index in [2.05, 4.69) is 15.8 Å². The molecule has 1 heterocycles. The molecule has 2 N–H and O–H groups in total. The number of nitrogens with zero attached hydrogens (tertiary/aromatic N) is 1. The standard InChI is InChI=1S/C18H11Cl2F2N3O2S/c1-8-14(16(25-27-8)15-10(19)3-2-4-13(15)22)17(26)24-18(28)23-9-5-6-12(21)11(20)7-9/h2-7H,1H3,(H2,23,24,26,28). The van der Waals surface area contributed by atoms with Crippen LogP contribution in [0.4, 0.5) is 14.5 Å². The Morgan fingerprint density at radius 3 is 2.57 bits per heavy atom. The zero-order chi connectivity index (χ0) is 20.4. The number of amides is 1. The number of benzene rings is 2. The van der Waals surface area contributed by atoms with E-state index in [0.717, 1.165) is 6.07 Å². The fourth-order valence-electron chi connectivity index (χ4n) is 2.44. The number of nitrogens with one attached hydrogen (secondary N) is 2. The van der Waals surface area contributed by atoms with Crippen LogP contribution in [-0.4, -0.2) is 16.2 Å². The first kappa shape index (κ1) is 20.2. The predicted molar refractivity (Wildman–Crippen MR) is 107 cm³/mol. The Labute approximate surface area is 173 Å². The Balaban J connectivity index is 1.84. The second-order valence-corrected chi connectivity index (χ2v) is 6.82. The number of thiocarbonyl (C=S) groups is 1. The number of hydrogen-bond donors (Lipinski definition) is 2. The first-order chi connectivity index (χ1) is 13.3. The van der Waals surface area contributed by atoms with E-state index >= 15 is 0 Å². The predicted octanol–water partition coefficient (Wildman–Crippen LogP) is 5.36. The third-order valence-corrected chi connectivity index (χ3v) is 4.50. The van der Waals surface area contributed by atoms with Gasteiger partial charge in [0.15, 0.2) is 5.11 Å². The van der Waals surface area contributed by atoms with Crippen molar-refractivity contribution < 1.29 is 18.1 Å². The molecule has 28 heavy (non-hydrogen) atoms. The summed E-state index contributed by atoms with van der Waals surface area (Å²) in [6, 6.07) is 7.95. The molecule has 0 saturated carbocycles. The molecule has 5 nitrogen and oxygen atoms in total. The van der Waals surface area contributed by atoms with E-state index in [4.69, 9.17) is 39.9 Å². The minimum atomic E-state index is -0.682. The van der Waals surface area contributed by atoms with Crippen molar-refractivity contribution in [1.29, 1.82) is 0 Å². The third-order valence-electron chi connectivity index (χ3n) is 3.69. The molecule has 2 aromatic carbocycles. The second-order valence-electron chi connectivity index (χ2n) is 5.60. The van der Waals surface area contributed by atoms with Crippen molar-refractivity contribution >= 4 is 52.1 Å². The summed E-state index contributed by atoms with van der Waals surface area (Å²) in [6.45, 7) is 1.50. The van der Waals surface area contributed by atoms with Crippen LogP contribution in [0.25, 0.3) is 11.3 Å². The van der Waals surface area contributed by atoms with Crippen LogP contribution in [-0.2, 0) is 0 Å². The van der Waals surface area contributed by atoms with Gasteiger partial charge in [0.05, 0.1) is 15.6 Å². The van der Waals surface area contributed by atoms with E-state index in [1.807, 2.05) is 0 Å². The van der Waals surface area contributed by atoms with E-state index in [1.165, 1.54) is 37.3 Å². The van der Waals surface area contributed by atoms with Crippen LogP contribution in [0.3, 0.4) is 0 Å². The van der Waals surface area contributed by atoms with E-state index in [9.17, 15) is 13.6 Å². The smallest absolute Gasteiger partial charge is 0.263 e. The van der Waals surface area contributed by atoms with Crippen molar-refractivity contribution in [2.45, 2.75) is 6.92 Å². The number of aromatic nitrogens is 1. The van der Waals surface area contributed by atoms with Crippen LogP contribution in [0.1, 0.15) is 16.1 Å². The average Bonchev–Trinajstić information content (AvgIpc) is 2.99. The molecule has 0 atom stereocenters. The fourth-order valence-corrected chi connectivity index (χ4v) is 3.08. The normalized spacial score (nSPS) is 10.6. The highest BCUT2D eigenvalue weighted by Gasteiger charge is 2.26. The quantitative estimate of drug-likeness (QED) is 0.535. The number of hydrogen-bond acceptors (Lipinski definition) is 4. The topological polar surface area (TPSA) is 67.2 Å². The monoisotopic (exact) mass is 441 g/mol. The Bertz CT molecular complexity index is 1070. The summed E-state index contributed by atoms with van der Waals surface area (Å²) in [7, 11) is 0. The molecule has 0 saturated heterocycles. The van der Waals surface area contributed by atoms with Crippen molar-refractivity contribution in [2.24, 2.45) is 0 Å². The van der Waals surface area contributed by atoms with Crippen molar-refractivity contribution in [1.82, 2.24) is 10.5 Å². The summed E-state index contributed by atoms with van der Waals surface area (Å²) in [5.41, 5.74) is 0.241. The molecule has 3 aromatic rings. The average molecular weight is 442 g/mol. The van der Waals surface area contributed by atoms with E-state index < -0.39 is 17.5 Å². The second kappa shape index (κ2) is 8.22. The molecule has 0 aliphatic rings. The highest BCUT2D eigenvalue weighted by Crippen LogP contribution is 2.33. The lowest BCUT2D eigenvalue weighted by Crippen LogP contribution is -2.34. The zero-order valence-electron chi connectivity index (χ0n) is 14.1. The highest BCUT2D eigenvalue weighted by molar-refractivity contribution is 7.80. The minimum absolute atomic E-state index is 0.0201. The number of anilines is 1. The lowest BCUT2D eigenvalue weighted by Gasteiger charge is -2.10. The molecule has 0 unspecified atom stereocenters. The van der Waals surface area contributed by atoms with Crippen molar-refractivity contribution in [3.8, 4) is 11.3 Å². The van der Waals surface area contributed by atoms with Gasteiger partial charge in [0.2, 0.25) is 0 Å². The van der Waals surface area contributed by atoms with E-state index in [0.29, 0.717) is 5.69 Å². The first-order valence-corrected chi connectivity index (χ1v) is 8.92. The molecule has 0 radical (unpaired) electrons. The van der Waals surface area contributed by atoms with Gasteiger partial charge < -0.3 is 9.84 Å². The summed E-state index contributed by atoms with van der Waals surface area (Å²) in [6.07, 6.45) is 0. The van der Waals surface area contributed by atoms with Gasteiger partial charge in [-0.3, -0.25) is 10.1 Å². The molecule has 0 bridgehead atoms. The molecule has 10 heteroatoms. The molecule has 0 fully saturated rings. The van der Waals surface area contributed by atoms with Crippen LogP contribution in [0.5, 0.6) is 0 Å². The summed E-state index contributed by atoms with van der Waals surface area (Å²) in [4.78, 5) is 12.7. The van der Waals surface area contributed by atoms with Crippen molar-refractivity contribution in [3.05, 3.63) is 69.4 Å². The highest BCUT2D eigenvalue weighted by atomic mass is 35.5. The Morgan fingerprint density at radius 1 is 1.14 bits per heavy atom. The molecular weight excluding hydrogens is 431 g/mol. The molecule has 144 valence electrons. The number of aryl methyl sites for hydroxylation is 1. The van der Waals surface area contributed by atoms with Gasteiger partial charge in [0, 0.05) is 5.69 Å². The third kappa shape index (κ3) is 4.14. The number of halogens is 4. The maximum absolute atomic E-state index is 14.2. The van der Waals surface area contributed by atoms with Crippen LogP contribution < -0.4 is 10.6 Å². The van der Waals surface area contributed by atoms with Gasteiger partial charge in [-0.1, -0.05) is 34.4 Å². The Kier molecular flexibility index (Phi) is 5.93. The lowest BCUT2D eigenvalue weighted by molar-refractivity contribution is 0.0977. The Hall–Kier alpha value is -2.55. The van der Waals surface area contributed by atoms with Gasteiger partial charge in [0.1, 0.15) is 28.7 Å². The molecule has 0 aliphatic carbocycles. The van der Waals surface area contributed by atoms with Crippen LogP contribution >= 0.6 is 35.4 Å². The molecular formula is C18H11Cl2F2N3O2S. The van der Waals surface area contributed by atoms with Gasteiger partial charge in [-0.25, -0.2) is 8.78 Å². The maximum atomic E-state index is 14.2. The van der Waals surface area contributed by atoms with Crippen molar-refractivity contribution in [3.63, 3.8) is 0 Å². The summed E-state index contributed by atoms with van der Waals surface area (Å²) >= 11 is 16.9. The van der Waals surface area contributed by atoms with Crippen LogP contribution in [0, 0.1) is 18.6 Å². The fraction of sp³-hybridized carbons (Fsp3) is 0.0556. The molecule has 3 rings (SSSR count). The van der Waals surface area contributed by atoms with Gasteiger partial charge in [-0.05, 0) is 49.5 Å². The minimum Gasteiger partial charge on any atom is -0.360 e. The van der Waals surface area contributed by atoms with Gasteiger partial charge in [-0.15, -0.1) is 0 Å². The molecule has 0 aliphatic heterocycles. The summed E-state index contributed by atoms with van der Waals surface area (Å²) in [5, 5.41) is 8.78. The van der Waals surface area contributed by atoms with E-state index in [-0.39, 0.29) is 37.7 Å². The number of rotatable bonds is 3. The first-order valence-electron chi connectivity index (χ1n) is 7.76. The van der Waals surface area contributed by atoms with Crippen LogP contribution in [0.15, 0.2) is 40.9 Å². The SMILES string of the molecule is Cc1onc(-c2c(F)cccc2Cl)c1C(=O)NC(=S)Nc1ccc(F)c(Cl)c1. The van der Waals surface area contributed by atoms with Crippen LogP contribution in [0.2, 0.25) is 10.0 Å². The summed E-state index contributed by atoms with van der Waals surface area (Å²) in [5.74, 6) is -1.77. The zero-order valence-corrected chi connectivity index (χ0v) is 16.5. The largest absolute Gasteiger partial charge is 0.360 e. The number of carbonyl (C=O) groups is 1. The van der Waals surface area contributed by atoms with E-state index in [1.54, 1.807) is 0 Å². The maximum Gasteiger partial charge on any atom is 0.263 e. The Morgan fingerprint density at radius 2 is 1.89 bits per heavy atom. The molecule has 1 amide bonds. The van der Waals surface area contributed by atoms with Gasteiger partial charge in [0.25, 0.3) is 5.91 Å². The lowest BCUT2D eigenvalue weighted by atomic mass is 10.1.